The van der Waals surface area contributed by atoms with Crippen molar-refractivity contribution >= 4 is 46.7 Å². The molecule has 0 bridgehead atoms. The Morgan fingerprint density at radius 1 is 1.30 bits per heavy atom. The third kappa shape index (κ3) is 8.26. The highest BCUT2D eigenvalue weighted by molar-refractivity contribution is 6.40. The van der Waals surface area contributed by atoms with Crippen molar-refractivity contribution in [2.45, 2.75) is 20.3 Å². The average molecular weight is 476 g/mol. The monoisotopic (exact) mass is 474 g/mol. The number of benzene rings is 1. The minimum atomic E-state index is -0.324. The highest BCUT2D eigenvalue weighted by atomic mass is 35.5. The fraction of sp³-hybridized carbons (Fsp3) is 0.350. The summed E-state index contributed by atoms with van der Waals surface area (Å²) in [6, 6.07) is 2.97. The summed E-state index contributed by atoms with van der Waals surface area (Å²) in [5, 5.41) is 1.12. The number of primary amides is 1. The van der Waals surface area contributed by atoms with E-state index in [-0.39, 0.29) is 24.5 Å². The van der Waals surface area contributed by atoms with E-state index in [0.717, 1.165) is 6.42 Å². The Labute approximate surface area is 191 Å². The second-order valence-electron chi connectivity index (χ2n) is 6.21. The summed E-state index contributed by atoms with van der Waals surface area (Å²) in [4.78, 5) is 28.0. The highest BCUT2D eigenvalue weighted by Gasteiger charge is 2.15. The molecular weight excluding hydrogens is 451 g/mol. The van der Waals surface area contributed by atoms with Gasteiger partial charge in [0, 0.05) is 24.0 Å². The van der Waals surface area contributed by atoms with Crippen molar-refractivity contribution in [2.24, 2.45) is 11.7 Å². The third-order valence-electron chi connectivity index (χ3n) is 3.86. The van der Waals surface area contributed by atoms with Gasteiger partial charge in [-0.3, -0.25) is 9.36 Å². The zero-order chi connectivity index (χ0) is 22.7. The van der Waals surface area contributed by atoms with Crippen LogP contribution in [0, 0.1) is 5.92 Å². The van der Waals surface area contributed by atoms with E-state index in [4.69, 9.17) is 45.3 Å². The van der Waals surface area contributed by atoms with Crippen LogP contribution in [0.1, 0.15) is 20.3 Å². The molecule has 0 fully saturated rings. The van der Waals surface area contributed by atoms with E-state index in [1.54, 1.807) is 36.4 Å². The molecule has 0 radical (unpaired) electrons. The van der Waals surface area contributed by atoms with Crippen LogP contribution in [0.3, 0.4) is 0 Å². The molecule has 2 N–H and O–H groups in total. The Kier molecular flexibility index (Phi) is 11.3. The summed E-state index contributed by atoms with van der Waals surface area (Å²) in [7, 11) is 0. The largest absolute Gasteiger partial charge is 0.489 e. The number of amides is 2. The normalized spacial score (nSPS) is 11.1. The summed E-state index contributed by atoms with van der Waals surface area (Å²) in [5.41, 5.74) is 4.84. The highest BCUT2D eigenvalue weighted by Crippen LogP contribution is 2.35. The first-order valence-corrected chi connectivity index (χ1v) is 10.3. The quantitative estimate of drug-likeness (QED) is 0.550. The summed E-state index contributed by atoms with van der Waals surface area (Å²) in [6.07, 6.45) is 6.99. The number of nitrogens with two attached hydrogens (primary N) is 1. The smallest absolute Gasteiger partial charge is 0.329 e. The van der Waals surface area contributed by atoms with Crippen molar-refractivity contribution in [3.63, 3.8) is 0 Å². The number of carbonyl (C=O) groups excluding carboxylic acids is 2. The van der Waals surface area contributed by atoms with Crippen molar-refractivity contribution < 1.29 is 14.3 Å². The van der Waals surface area contributed by atoms with E-state index in [1.165, 1.54) is 17.0 Å². The van der Waals surface area contributed by atoms with Crippen molar-refractivity contribution in [1.82, 2.24) is 14.5 Å². The fourth-order valence-electron chi connectivity index (χ4n) is 2.15. The van der Waals surface area contributed by atoms with E-state index in [9.17, 15) is 9.59 Å². The van der Waals surface area contributed by atoms with Crippen LogP contribution >= 0.6 is 34.8 Å². The Morgan fingerprint density at radius 2 is 1.93 bits per heavy atom. The Morgan fingerprint density at radius 3 is 2.37 bits per heavy atom. The van der Waals surface area contributed by atoms with Gasteiger partial charge in [0.15, 0.2) is 5.75 Å². The van der Waals surface area contributed by atoms with Gasteiger partial charge in [0.05, 0.1) is 22.5 Å². The summed E-state index contributed by atoms with van der Waals surface area (Å²) in [6.45, 7) is 8.37. The first-order chi connectivity index (χ1) is 14.2. The fourth-order valence-corrected chi connectivity index (χ4v) is 3.08. The molecule has 2 amide bonds. The number of imidazole rings is 1. The van der Waals surface area contributed by atoms with Crippen molar-refractivity contribution in [1.29, 1.82) is 0 Å². The molecule has 0 aliphatic rings. The SMILES string of the molecule is C=CC(C)C(N)=O.CCCN(CCOc1c(Cl)cc(Cl)cc1Cl)C(=O)n1ccnc1. The van der Waals surface area contributed by atoms with Gasteiger partial charge in [-0.05, 0) is 18.6 Å². The number of hydrogen-bond acceptors (Lipinski definition) is 4. The number of aromatic nitrogens is 2. The molecule has 1 atom stereocenters. The van der Waals surface area contributed by atoms with Gasteiger partial charge in [-0.15, -0.1) is 6.58 Å². The lowest BCUT2D eigenvalue weighted by Crippen LogP contribution is -2.37. The lowest BCUT2D eigenvalue weighted by atomic mass is 10.2. The molecule has 164 valence electrons. The Bertz CT molecular complexity index is 821. The molecule has 1 unspecified atom stereocenters. The summed E-state index contributed by atoms with van der Waals surface area (Å²) < 4.78 is 7.05. The average Bonchev–Trinajstić information content (AvgIpc) is 3.23. The molecule has 0 spiro atoms. The third-order valence-corrected chi connectivity index (χ3v) is 4.64. The van der Waals surface area contributed by atoms with Gasteiger partial charge in [-0.2, -0.15) is 0 Å². The topological polar surface area (TPSA) is 90.5 Å². The maximum atomic E-state index is 12.3. The molecule has 1 aromatic carbocycles. The van der Waals surface area contributed by atoms with Gasteiger partial charge in [0.25, 0.3) is 0 Å². The molecule has 2 rings (SSSR count). The number of halogens is 3. The van der Waals surface area contributed by atoms with Crippen LogP contribution in [-0.4, -0.2) is 46.1 Å². The summed E-state index contributed by atoms with van der Waals surface area (Å²) >= 11 is 18.0. The van der Waals surface area contributed by atoms with Crippen LogP contribution in [0.15, 0.2) is 43.5 Å². The van der Waals surface area contributed by atoms with Gasteiger partial charge in [0.1, 0.15) is 12.9 Å². The van der Waals surface area contributed by atoms with E-state index < -0.39 is 0 Å². The maximum Gasteiger partial charge on any atom is 0.329 e. The Hall–Kier alpha value is -2.22. The van der Waals surface area contributed by atoms with E-state index >= 15 is 0 Å². The maximum absolute atomic E-state index is 12.3. The first-order valence-electron chi connectivity index (χ1n) is 9.17. The lowest BCUT2D eigenvalue weighted by Gasteiger charge is -2.22. The minimum Gasteiger partial charge on any atom is -0.489 e. The first kappa shape index (κ1) is 25.8. The van der Waals surface area contributed by atoms with Gasteiger partial charge in [-0.1, -0.05) is 54.7 Å². The number of ether oxygens (including phenoxy) is 1. The van der Waals surface area contributed by atoms with E-state index in [1.807, 2.05) is 6.92 Å². The molecule has 1 aromatic heterocycles. The number of rotatable bonds is 8. The van der Waals surface area contributed by atoms with Crippen LogP contribution < -0.4 is 10.5 Å². The molecule has 30 heavy (non-hydrogen) atoms. The number of hydrogen-bond donors (Lipinski definition) is 1. The van der Waals surface area contributed by atoms with E-state index in [2.05, 4.69) is 11.6 Å². The lowest BCUT2D eigenvalue weighted by molar-refractivity contribution is -0.119. The molecule has 0 aliphatic carbocycles. The molecule has 0 aliphatic heterocycles. The van der Waals surface area contributed by atoms with Gasteiger partial charge >= 0.3 is 6.03 Å². The van der Waals surface area contributed by atoms with Gasteiger partial charge in [0.2, 0.25) is 5.91 Å². The second-order valence-corrected chi connectivity index (χ2v) is 7.46. The number of nitrogens with zero attached hydrogens (tertiary/aromatic N) is 3. The van der Waals surface area contributed by atoms with Crippen LogP contribution in [0.4, 0.5) is 4.79 Å². The molecule has 7 nitrogen and oxygen atoms in total. The van der Waals surface area contributed by atoms with Crippen LogP contribution in [0.2, 0.25) is 15.1 Å². The molecule has 10 heteroatoms. The predicted molar refractivity (Wildman–Crippen MR) is 120 cm³/mol. The minimum absolute atomic E-state index is 0.152. The zero-order valence-electron chi connectivity index (χ0n) is 16.9. The Balaban J connectivity index is 0.000000553. The van der Waals surface area contributed by atoms with Crippen LogP contribution in [0.5, 0.6) is 5.75 Å². The molecule has 0 saturated carbocycles. The number of carbonyl (C=O) groups is 2. The van der Waals surface area contributed by atoms with Crippen molar-refractivity contribution in [2.75, 3.05) is 19.7 Å². The second kappa shape index (κ2) is 13.2. The molecule has 1 heterocycles. The molecular formula is C20H25Cl3N4O3. The van der Waals surface area contributed by atoms with Crippen molar-refractivity contribution in [3.8, 4) is 5.75 Å². The van der Waals surface area contributed by atoms with Gasteiger partial charge in [-0.25, -0.2) is 9.78 Å². The van der Waals surface area contributed by atoms with Gasteiger partial charge < -0.3 is 15.4 Å². The molecule has 2 aromatic rings. The van der Waals surface area contributed by atoms with Crippen LogP contribution in [-0.2, 0) is 4.79 Å². The molecule has 0 saturated heterocycles. The van der Waals surface area contributed by atoms with Crippen LogP contribution in [0.25, 0.3) is 0 Å². The zero-order valence-corrected chi connectivity index (χ0v) is 19.1. The van der Waals surface area contributed by atoms with E-state index in [0.29, 0.717) is 33.9 Å². The summed E-state index contributed by atoms with van der Waals surface area (Å²) in [5.74, 6) is -0.153. The predicted octanol–water partition coefficient (Wildman–Crippen LogP) is 4.90. The standard InChI is InChI=1S/C15H16Cl3N3O2.C5H9NO/c1-2-4-20(15(22)21-5-3-19-10-21)6-7-23-14-12(17)8-11(16)9-13(14)18;1-3-4(2)5(6)7/h3,5,8-10H,2,4,6-7H2,1H3;3-4H,1H2,2H3,(H2,6,7). The van der Waals surface area contributed by atoms with Crippen molar-refractivity contribution in [3.05, 3.63) is 58.6 Å².